The summed E-state index contributed by atoms with van der Waals surface area (Å²) in [5.74, 6) is 0.661. The molecule has 34 heavy (non-hydrogen) atoms. The minimum atomic E-state index is -0.594. The maximum absolute atomic E-state index is 13.4. The first kappa shape index (κ1) is 24.0. The van der Waals surface area contributed by atoms with Crippen molar-refractivity contribution in [1.29, 1.82) is 5.26 Å². The van der Waals surface area contributed by atoms with Gasteiger partial charge in [-0.2, -0.15) is 15.0 Å². The molecule has 0 saturated heterocycles. The van der Waals surface area contributed by atoms with E-state index in [1.807, 2.05) is 12.1 Å². The maximum Gasteiger partial charge on any atom is 0.312 e. The van der Waals surface area contributed by atoms with Gasteiger partial charge in [0.05, 0.1) is 26.5 Å². The summed E-state index contributed by atoms with van der Waals surface area (Å²) < 4.78 is 7.58. The first-order valence-corrected chi connectivity index (χ1v) is 12.2. The molecule has 1 aromatic heterocycles. The minimum Gasteiger partial charge on any atom is -0.471 e. The summed E-state index contributed by atoms with van der Waals surface area (Å²) in [4.78, 5) is 29.2. The molecule has 1 heterocycles. The van der Waals surface area contributed by atoms with Gasteiger partial charge in [-0.15, -0.1) is 0 Å². The van der Waals surface area contributed by atoms with E-state index in [0.29, 0.717) is 26.8 Å². The molecule has 1 aliphatic carbocycles. The number of halogens is 2. The van der Waals surface area contributed by atoms with Crippen molar-refractivity contribution in [2.45, 2.75) is 38.0 Å². The minimum absolute atomic E-state index is 0.0408. The first-order chi connectivity index (χ1) is 16.4. The Morgan fingerprint density at radius 2 is 2.03 bits per heavy atom. The number of ether oxygens (including phenoxy) is 1. The van der Waals surface area contributed by atoms with Crippen LogP contribution < -0.4 is 10.3 Å². The van der Waals surface area contributed by atoms with E-state index in [1.165, 1.54) is 17.0 Å². The molecule has 0 N–H and O–H groups in total. The van der Waals surface area contributed by atoms with Crippen molar-refractivity contribution in [2.24, 2.45) is 5.10 Å². The molecule has 3 aromatic rings. The fourth-order valence-corrected chi connectivity index (χ4v) is 5.03. The molecule has 9 nitrogen and oxygen atoms in total. The molecule has 0 spiro atoms. The lowest BCUT2D eigenvalue weighted by Gasteiger charge is -2.22. The molecule has 0 radical (unpaired) electrons. The largest absolute Gasteiger partial charge is 0.471 e. The summed E-state index contributed by atoms with van der Waals surface area (Å²) in [6.07, 6.45) is 6.52. The second-order valence-electron chi connectivity index (χ2n) is 7.88. The van der Waals surface area contributed by atoms with Crippen molar-refractivity contribution in [2.75, 3.05) is 6.61 Å². The number of fused-ring (bicyclic) bond motifs is 1. The Morgan fingerprint density at radius 3 is 2.74 bits per heavy atom. The van der Waals surface area contributed by atoms with Crippen LogP contribution in [0.5, 0.6) is 5.75 Å². The summed E-state index contributed by atoms with van der Waals surface area (Å²) in [5, 5.41) is 25.2. The summed E-state index contributed by atoms with van der Waals surface area (Å²) in [6, 6.07) is 10.0. The van der Waals surface area contributed by atoms with E-state index >= 15 is 0 Å². The molecule has 0 unspecified atom stereocenters. The van der Waals surface area contributed by atoms with Gasteiger partial charge in [-0.3, -0.25) is 14.9 Å². The summed E-state index contributed by atoms with van der Waals surface area (Å²) in [7, 11) is 0. The molecule has 1 fully saturated rings. The SMILES string of the molecule is N#CCOc1c(Br)cc(C=Nn2c(C3CCCCC3)nc3ccc(Br)cc3c2=O)cc1[N+](=O)[O-]. The van der Waals surface area contributed by atoms with E-state index in [9.17, 15) is 14.9 Å². The van der Waals surface area contributed by atoms with Crippen molar-refractivity contribution < 1.29 is 9.66 Å². The smallest absolute Gasteiger partial charge is 0.312 e. The zero-order chi connectivity index (χ0) is 24.2. The lowest BCUT2D eigenvalue weighted by molar-refractivity contribution is -0.385. The van der Waals surface area contributed by atoms with Gasteiger partial charge in [0.1, 0.15) is 11.9 Å². The molecule has 4 rings (SSSR count). The van der Waals surface area contributed by atoms with Gasteiger partial charge in [-0.25, -0.2) is 4.98 Å². The summed E-state index contributed by atoms with van der Waals surface area (Å²) in [5.41, 5.74) is 0.383. The number of nitrogens with zero attached hydrogens (tertiary/aromatic N) is 5. The van der Waals surface area contributed by atoms with Crippen LogP contribution in [0.1, 0.15) is 49.4 Å². The van der Waals surface area contributed by atoms with Crippen molar-refractivity contribution >= 4 is 54.7 Å². The third-order valence-corrected chi connectivity index (χ3v) is 6.73. The molecule has 0 atom stereocenters. The Hall–Kier alpha value is -3.10. The molecule has 0 bridgehead atoms. The molecule has 1 aliphatic rings. The zero-order valence-corrected chi connectivity index (χ0v) is 21.1. The normalized spacial score (nSPS) is 14.4. The van der Waals surface area contributed by atoms with Crippen LogP contribution in [-0.4, -0.2) is 27.4 Å². The van der Waals surface area contributed by atoms with Gasteiger partial charge in [0.2, 0.25) is 5.75 Å². The van der Waals surface area contributed by atoms with Gasteiger partial charge >= 0.3 is 5.69 Å². The fraction of sp³-hybridized carbons (Fsp3) is 0.304. The Morgan fingerprint density at radius 1 is 1.26 bits per heavy atom. The molecule has 1 saturated carbocycles. The van der Waals surface area contributed by atoms with Gasteiger partial charge in [0.15, 0.2) is 6.61 Å². The first-order valence-electron chi connectivity index (χ1n) is 10.6. The molecule has 11 heteroatoms. The van der Waals surface area contributed by atoms with Crippen LogP contribution >= 0.6 is 31.9 Å². The quantitative estimate of drug-likeness (QED) is 0.208. The molecule has 174 valence electrons. The third kappa shape index (κ3) is 5.03. The lowest BCUT2D eigenvalue weighted by atomic mass is 9.88. The number of hydrogen-bond acceptors (Lipinski definition) is 7. The number of aromatic nitrogens is 2. The Labute approximate surface area is 211 Å². The van der Waals surface area contributed by atoms with Crippen LogP contribution in [0, 0.1) is 21.4 Å². The highest BCUT2D eigenvalue weighted by atomic mass is 79.9. The van der Waals surface area contributed by atoms with Crippen LogP contribution in [0.25, 0.3) is 10.9 Å². The average molecular weight is 589 g/mol. The number of hydrogen-bond donors (Lipinski definition) is 0. The van der Waals surface area contributed by atoms with Gasteiger partial charge in [-0.1, -0.05) is 35.2 Å². The van der Waals surface area contributed by atoms with E-state index in [-0.39, 0.29) is 29.5 Å². The summed E-state index contributed by atoms with van der Waals surface area (Å²) >= 11 is 6.67. The van der Waals surface area contributed by atoms with Crippen molar-refractivity contribution in [3.05, 3.63) is 71.1 Å². The van der Waals surface area contributed by atoms with Gasteiger partial charge < -0.3 is 4.74 Å². The van der Waals surface area contributed by atoms with E-state index in [4.69, 9.17) is 15.0 Å². The Balaban J connectivity index is 1.83. The van der Waals surface area contributed by atoms with E-state index in [2.05, 4.69) is 37.0 Å². The van der Waals surface area contributed by atoms with Gasteiger partial charge in [0.25, 0.3) is 5.56 Å². The monoisotopic (exact) mass is 587 g/mol. The topological polar surface area (TPSA) is 123 Å². The Kier molecular flexibility index (Phi) is 7.38. The number of rotatable bonds is 6. The van der Waals surface area contributed by atoms with Crippen LogP contribution in [0.2, 0.25) is 0 Å². The van der Waals surface area contributed by atoms with Gasteiger partial charge in [-0.05, 0) is 53.0 Å². The van der Waals surface area contributed by atoms with Crippen molar-refractivity contribution in [1.82, 2.24) is 9.66 Å². The van der Waals surface area contributed by atoms with Crippen molar-refractivity contribution in [3.8, 4) is 11.8 Å². The molecular formula is C23H19Br2N5O4. The average Bonchev–Trinajstić information content (AvgIpc) is 2.83. The predicted octanol–water partition coefficient (Wildman–Crippen LogP) is 5.66. The van der Waals surface area contributed by atoms with Crippen LogP contribution in [0.15, 0.2) is 49.2 Å². The second-order valence-corrected chi connectivity index (χ2v) is 9.65. The van der Waals surface area contributed by atoms with Crippen molar-refractivity contribution in [3.63, 3.8) is 0 Å². The maximum atomic E-state index is 13.4. The highest BCUT2D eigenvalue weighted by Gasteiger charge is 2.23. The zero-order valence-electron chi connectivity index (χ0n) is 17.9. The molecule has 0 aliphatic heterocycles. The predicted molar refractivity (Wildman–Crippen MR) is 134 cm³/mol. The van der Waals surface area contributed by atoms with E-state index < -0.39 is 4.92 Å². The molecule has 2 aromatic carbocycles. The van der Waals surface area contributed by atoms with Crippen LogP contribution in [-0.2, 0) is 0 Å². The highest BCUT2D eigenvalue weighted by Crippen LogP contribution is 2.36. The fourth-order valence-electron chi connectivity index (χ4n) is 4.08. The van der Waals surface area contributed by atoms with Crippen LogP contribution in [0.3, 0.4) is 0 Å². The number of nitriles is 1. The summed E-state index contributed by atoms with van der Waals surface area (Å²) in [6.45, 7) is -0.328. The number of benzene rings is 2. The molecule has 0 amide bonds. The van der Waals surface area contributed by atoms with Crippen LogP contribution in [0.4, 0.5) is 5.69 Å². The standard InChI is InChI=1S/C23H19Br2N5O4/c24-16-6-7-19-17(12-16)23(31)29(22(28-19)15-4-2-1-3-5-15)27-13-14-10-18(25)21(34-9-8-26)20(11-14)30(32)33/h6-7,10-13,15H,1-5,9H2. The second kappa shape index (κ2) is 10.4. The molecular weight excluding hydrogens is 570 g/mol. The number of nitro groups is 1. The lowest BCUT2D eigenvalue weighted by Crippen LogP contribution is -2.25. The highest BCUT2D eigenvalue weighted by molar-refractivity contribution is 9.10. The van der Waals surface area contributed by atoms with Gasteiger partial charge in [0, 0.05) is 22.0 Å². The third-order valence-electron chi connectivity index (χ3n) is 5.65. The van der Waals surface area contributed by atoms with E-state index in [0.717, 1.165) is 36.6 Å². The number of nitro benzene ring substituents is 1. The van der Waals surface area contributed by atoms with E-state index in [1.54, 1.807) is 18.2 Å². The Bertz CT molecular complexity index is 1390.